The molecule has 1 aliphatic rings. The molecule has 0 amide bonds. The van der Waals surface area contributed by atoms with Crippen LogP contribution in [0.5, 0.6) is 0 Å². The number of anilines is 1. The maximum Gasteiger partial charge on any atom is 0.297 e. The first kappa shape index (κ1) is 12.4. The van der Waals surface area contributed by atoms with Crippen molar-refractivity contribution in [3.05, 3.63) is 12.0 Å². The van der Waals surface area contributed by atoms with E-state index in [1.165, 1.54) is 6.42 Å². The zero-order chi connectivity index (χ0) is 12.1. The van der Waals surface area contributed by atoms with Crippen LogP contribution in [0.4, 0.5) is 6.01 Å². The van der Waals surface area contributed by atoms with E-state index < -0.39 is 0 Å². The molecule has 5 nitrogen and oxygen atoms in total. The van der Waals surface area contributed by atoms with Gasteiger partial charge in [0.15, 0.2) is 0 Å². The van der Waals surface area contributed by atoms with E-state index in [0.29, 0.717) is 0 Å². The Hall–Kier alpha value is -1.07. The van der Waals surface area contributed by atoms with Gasteiger partial charge in [-0.15, -0.1) is 0 Å². The van der Waals surface area contributed by atoms with Crippen molar-refractivity contribution in [2.45, 2.75) is 19.9 Å². The number of hydrogen-bond donors (Lipinski definition) is 1. The van der Waals surface area contributed by atoms with Crippen molar-refractivity contribution in [3.8, 4) is 0 Å². The highest BCUT2D eigenvalue weighted by atomic mass is 16.4. The van der Waals surface area contributed by atoms with Crippen LogP contribution in [0.25, 0.3) is 0 Å². The highest BCUT2D eigenvalue weighted by Gasteiger charge is 2.16. The minimum Gasteiger partial charge on any atom is -0.432 e. The predicted molar refractivity (Wildman–Crippen MR) is 68.2 cm³/mol. The van der Waals surface area contributed by atoms with Crippen LogP contribution in [0, 0.1) is 0 Å². The Morgan fingerprint density at radius 1 is 1.35 bits per heavy atom. The second-order valence-electron chi connectivity index (χ2n) is 4.55. The van der Waals surface area contributed by atoms with Crippen molar-refractivity contribution < 1.29 is 4.42 Å². The van der Waals surface area contributed by atoms with Gasteiger partial charge in [-0.25, -0.2) is 0 Å². The second-order valence-corrected chi connectivity index (χ2v) is 4.55. The molecule has 0 bridgehead atoms. The fourth-order valence-corrected chi connectivity index (χ4v) is 2.01. The third-order valence-electron chi connectivity index (χ3n) is 3.09. The van der Waals surface area contributed by atoms with Crippen LogP contribution in [-0.4, -0.2) is 49.7 Å². The van der Waals surface area contributed by atoms with Gasteiger partial charge in [-0.1, -0.05) is 6.92 Å². The monoisotopic (exact) mass is 238 g/mol. The standard InChI is InChI=1S/C12H22N4O/c1-3-13-9-11-10-17-12(14-11)16-6-4-5-15(2)7-8-16/h10,13H,3-9H2,1-2H3. The smallest absolute Gasteiger partial charge is 0.297 e. The quantitative estimate of drug-likeness (QED) is 0.845. The van der Waals surface area contributed by atoms with Gasteiger partial charge in [0.25, 0.3) is 6.01 Å². The number of aromatic nitrogens is 1. The van der Waals surface area contributed by atoms with E-state index >= 15 is 0 Å². The molecule has 1 saturated heterocycles. The van der Waals surface area contributed by atoms with Gasteiger partial charge >= 0.3 is 0 Å². The Morgan fingerprint density at radius 3 is 3.06 bits per heavy atom. The van der Waals surface area contributed by atoms with Crippen LogP contribution in [0.15, 0.2) is 10.7 Å². The number of nitrogens with one attached hydrogen (secondary N) is 1. The maximum absolute atomic E-state index is 5.55. The van der Waals surface area contributed by atoms with Crippen LogP contribution < -0.4 is 10.2 Å². The summed E-state index contributed by atoms with van der Waals surface area (Å²) >= 11 is 0. The van der Waals surface area contributed by atoms with Crippen LogP contribution in [0.2, 0.25) is 0 Å². The number of rotatable bonds is 4. The van der Waals surface area contributed by atoms with E-state index in [4.69, 9.17) is 4.42 Å². The Labute approximate surface area is 103 Å². The van der Waals surface area contributed by atoms with Gasteiger partial charge in [0.05, 0.1) is 5.69 Å². The summed E-state index contributed by atoms with van der Waals surface area (Å²) < 4.78 is 5.55. The summed E-state index contributed by atoms with van der Waals surface area (Å²) in [6.45, 7) is 8.09. The minimum atomic E-state index is 0.771. The first-order valence-corrected chi connectivity index (χ1v) is 6.38. The lowest BCUT2D eigenvalue weighted by Crippen LogP contribution is -2.29. The molecule has 0 aromatic carbocycles. The van der Waals surface area contributed by atoms with E-state index in [1.807, 2.05) is 0 Å². The fraction of sp³-hybridized carbons (Fsp3) is 0.750. The van der Waals surface area contributed by atoms with E-state index in [-0.39, 0.29) is 0 Å². The topological polar surface area (TPSA) is 44.5 Å². The lowest BCUT2D eigenvalue weighted by Gasteiger charge is -2.17. The largest absolute Gasteiger partial charge is 0.432 e. The molecule has 0 saturated carbocycles. The molecular formula is C12H22N4O. The van der Waals surface area contributed by atoms with Crippen molar-refractivity contribution in [2.24, 2.45) is 0 Å². The van der Waals surface area contributed by atoms with Crippen molar-refractivity contribution >= 4 is 6.01 Å². The molecule has 96 valence electrons. The van der Waals surface area contributed by atoms with Gasteiger partial charge in [0, 0.05) is 26.2 Å². The van der Waals surface area contributed by atoms with Crippen LogP contribution in [0.3, 0.4) is 0 Å². The van der Waals surface area contributed by atoms with Gasteiger partial charge in [-0.3, -0.25) is 0 Å². The lowest BCUT2D eigenvalue weighted by molar-refractivity contribution is 0.359. The van der Waals surface area contributed by atoms with Gasteiger partial charge in [0.2, 0.25) is 0 Å². The maximum atomic E-state index is 5.55. The Kier molecular flexibility index (Phi) is 4.39. The Morgan fingerprint density at radius 2 is 2.24 bits per heavy atom. The van der Waals surface area contributed by atoms with Crippen LogP contribution >= 0.6 is 0 Å². The van der Waals surface area contributed by atoms with Crippen molar-refractivity contribution in [3.63, 3.8) is 0 Å². The molecule has 1 aliphatic heterocycles. The summed E-state index contributed by atoms with van der Waals surface area (Å²) in [5.74, 6) is 0. The number of hydrogen-bond acceptors (Lipinski definition) is 5. The molecule has 2 rings (SSSR count). The van der Waals surface area contributed by atoms with E-state index in [0.717, 1.165) is 51.0 Å². The minimum absolute atomic E-state index is 0.771. The molecule has 0 atom stereocenters. The van der Waals surface area contributed by atoms with Crippen molar-refractivity contribution in [1.29, 1.82) is 0 Å². The Bertz CT molecular complexity index is 339. The zero-order valence-corrected chi connectivity index (χ0v) is 10.8. The molecule has 0 spiro atoms. The number of nitrogens with zero attached hydrogens (tertiary/aromatic N) is 3. The van der Waals surface area contributed by atoms with Gasteiger partial charge in [0.1, 0.15) is 6.26 Å². The van der Waals surface area contributed by atoms with Crippen molar-refractivity contribution in [2.75, 3.05) is 44.7 Å². The molecule has 17 heavy (non-hydrogen) atoms. The molecular weight excluding hydrogens is 216 g/mol. The summed E-state index contributed by atoms with van der Waals surface area (Å²) in [5.41, 5.74) is 0.986. The van der Waals surface area contributed by atoms with Gasteiger partial charge in [-0.2, -0.15) is 4.98 Å². The summed E-state index contributed by atoms with van der Waals surface area (Å²) in [5, 5.41) is 3.25. The van der Waals surface area contributed by atoms with Gasteiger partial charge in [-0.05, 0) is 26.6 Å². The fourth-order valence-electron chi connectivity index (χ4n) is 2.01. The molecule has 1 N–H and O–H groups in total. The molecule has 2 heterocycles. The number of oxazole rings is 1. The highest BCUT2D eigenvalue weighted by Crippen LogP contribution is 2.15. The van der Waals surface area contributed by atoms with Crippen LogP contribution in [-0.2, 0) is 6.54 Å². The van der Waals surface area contributed by atoms with Crippen LogP contribution in [0.1, 0.15) is 19.0 Å². The molecule has 0 unspecified atom stereocenters. The average Bonchev–Trinajstić information content (AvgIpc) is 2.69. The third-order valence-corrected chi connectivity index (χ3v) is 3.09. The normalized spacial score (nSPS) is 18.4. The molecule has 5 heteroatoms. The summed E-state index contributed by atoms with van der Waals surface area (Å²) in [6.07, 6.45) is 2.92. The molecule has 1 aromatic rings. The highest BCUT2D eigenvalue weighted by molar-refractivity contribution is 5.27. The lowest BCUT2D eigenvalue weighted by atomic mass is 10.4. The SMILES string of the molecule is CCNCc1coc(N2CCCN(C)CC2)n1. The zero-order valence-electron chi connectivity index (χ0n) is 10.8. The van der Waals surface area contributed by atoms with E-state index in [2.05, 4.69) is 34.1 Å². The number of likely N-dealkylation sites (N-methyl/N-ethyl adjacent to an activating group) is 1. The molecule has 1 fully saturated rings. The van der Waals surface area contributed by atoms with Crippen molar-refractivity contribution in [1.82, 2.24) is 15.2 Å². The Balaban J connectivity index is 1.94. The van der Waals surface area contributed by atoms with E-state index in [1.54, 1.807) is 6.26 Å². The molecule has 1 aromatic heterocycles. The predicted octanol–water partition coefficient (Wildman–Crippen LogP) is 0.926. The summed E-state index contributed by atoms with van der Waals surface area (Å²) in [4.78, 5) is 9.10. The molecule has 0 aliphatic carbocycles. The second kappa shape index (κ2) is 6.02. The molecule has 0 radical (unpaired) electrons. The van der Waals surface area contributed by atoms with Gasteiger partial charge < -0.3 is 19.5 Å². The average molecular weight is 238 g/mol. The first-order valence-electron chi connectivity index (χ1n) is 6.38. The third kappa shape index (κ3) is 3.44. The summed E-state index contributed by atoms with van der Waals surface area (Å²) in [7, 11) is 2.16. The summed E-state index contributed by atoms with van der Waals surface area (Å²) in [6, 6.07) is 0.771. The van der Waals surface area contributed by atoms with E-state index in [9.17, 15) is 0 Å². The first-order chi connectivity index (χ1) is 8.29.